The number of carbonyl (C=O) groups is 3. The summed E-state index contributed by atoms with van der Waals surface area (Å²) in [4.78, 5) is 38.1. The molecule has 140 valence electrons. The topological polar surface area (TPSA) is 66.5 Å². The van der Waals surface area contributed by atoms with Gasteiger partial charge in [-0.25, -0.2) is 0 Å². The second-order valence-corrected chi connectivity index (χ2v) is 7.06. The standard InChI is InChI=1S/C22H24N2O3/c1-14-10-11-15(2)19(13-14)16(3)23-20(25)9-6-12-24-21(26)17-7-4-5-8-18(17)22(24)27/h4-5,7-8,10-11,13,16H,6,9,12H2,1-3H3,(H,23,25). The van der Waals surface area contributed by atoms with E-state index in [1.54, 1.807) is 24.3 Å². The predicted octanol–water partition coefficient (Wildman–Crippen LogP) is 3.56. The van der Waals surface area contributed by atoms with E-state index in [1.165, 1.54) is 4.90 Å². The van der Waals surface area contributed by atoms with Crippen molar-refractivity contribution in [2.45, 2.75) is 39.7 Å². The second-order valence-electron chi connectivity index (χ2n) is 7.06. The number of rotatable bonds is 6. The van der Waals surface area contributed by atoms with Crippen molar-refractivity contribution in [1.82, 2.24) is 10.2 Å². The number of aryl methyl sites for hydroxylation is 2. The molecule has 5 heteroatoms. The molecule has 1 N–H and O–H groups in total. The molecule has 1 heterocycles. The van der Waals surface area contributed by atoms with Gasteiger partial charge >= 0.3 is 0 Å². The van der Waals surface area contributed by atoms with Gasteiger partial charge < -0.3 is 5.32 Å². The lowest BCUT2D eigenvalue weighted by atomic mass is 10.00. The van der Waals surface area contributed by atoms with Crippen LogP contribution in [0.4, 0.5) is 0 Å². The Morgan fingerprint density at radius 1 is 1.04 bits per heavy atom. The summed E-state index contributed by atoms with van der Waals surface area (Å²) >= 11 is 0. The van der Waals surface area contributed by atoms with Crippen molar-refractivity contribution in [1.29, 1.82) is 0 Å². The average molecular weight is 364 g/mol. The van der Waals surface area contributed by atoms with Crippen LogP contribution in [0.1, 0.15) is 63.2 Å². The molecule has 3 rings (SSSR count). The summed E-state index contributed by atoms with van der Waals surface area (Å²) < 4.78 is 0. The minimum Gasteiger partial charge on any atom is -0.350 e. The fourth-order valence-electron chi connectivity index (χ4n) is 3.46. The zero-order valence-corrected chi connectivity index (χ0v) is 15.9. The van der Waals surface area contributed by atoms with Crippen molar-refractivity contribution in [2.75, 3.05) is 6.54 Å². The molecule has 0 aliphatic carbocycles. The molecule has 0 fully saturated rings. The average Bonchev–Trinajstić information content (AvgIpc) is 2.89. The lowest BCUT2D eigenvalue weighted by Gasteiger charge is -2.18. The highest BCUT2D eigenvalue weighted by atomic mass is 16.2. The number of carbonyl (C=O) groups excluding carboxylic acids is 3. The summed E-state index contributed by atoms with van der Waals surface area (Å²) in [6.45, 7) is 6.26. The normalized spacial score (nSPS) is 14.3. The number of nitrogens with one attached hydrogen (secondary N) is 1. The zero-order chi connectivity index (χ0) is 19.6. The molecule has 1 aliphatic heterocycles. The third-order valence-electron chi connectivity index (χ3n) is 4.94. The number of nitrogens with zero attached hydrogens (tertiary/aromatic N) is 1. The van der Waals surface area contributed by atoms with E-state index in [0.29, 0.717) is 17.5 Å². The minimum absolute atomic E-state index is 0.0833. The van der Waals surface area contributed by atoms with Crippen LogP contribution in [0.25, 0.3) is 0 Å². The minimum atomic E-state index is -0.278. The van der Waals surface area contributed by atoms with Gasteiger partial charge in [-0.1, -0.05) is 35.9 Å². The molecule has 1 atom stereocenters. The van der Waals surface area contributed by atoms with Crippen LogP contribution in [0.5, 0.6) is 0 Å². The molecule has 3 amide bonds. The van der Waals surface area contributed by atoms with Gasteiger partial charge in [-0.15, -0.1) is 0 Å². The third-order valence-corrected chi connectivity index (χ3v) is 4.94. The number of fused-ring (bicyclic) bond motifs is 1. The summed E-state index contributed by atoms with van der Waals surface area (Å²) in [5.74, 6) is -0.639. The van der Waals surface area contributed by atoms with Gasteiger partial charge in [0.15, 0.2) is 0 Å². The fraction of sp³-hybridized carbons (Fsp3) is 0.318. The Kier molecular flexibility index (Phi) is 5.40. The summed E-state index contributed by atoms with van der Waals surface area (Å²) in [6.07, 6.45) is 0.708. The van der Waals surface area contributed by atoms with E-state index in [4.69, 9.17) is 0 Å². The highest BCUT2D eigenvalue weighted by Crippen LogP contribution is 2.23. The van der Waals surface area contributed by atoms with Gasteiger partial charge in [0.05, 0.1) is 17.2 Å². The van der Waals surface area contributed by atoms with Crippen LogP contribution in [0.3, 0.4) is 0 Å². The lowest BCUT2D eigenvalue weighted by Crippen LogP contribution is -2.32. The van der Waals surface area contributed by atoms with Crippen molar-refractivity contribution >= 4 is 17.7 Å². The largest absolute Gasteiger partial charge is 0.350 e. The number of hydrogen-bond acceptors (Lipinski definition) is 3. The maximum Gasteiger partial charge on any atom is 0.261 e. The molecule has 0 bridgehead atoms. The molecule has 0 radical (unpaired) electrons. The maximum absolute atomic E-state index is 12.3. The van der Waals surface area contributed by atoms with E-state index < -0.39 is 0 Å². The van der Waals surface area contributed by atoms with E-state index in [-0.39, 0.29) is 36.7 Å². The Labute approximate surface area is 159 Å². The first-order valence-electron chi connectivity index (χ1n) is 9.20. The van der Waals surface area contributed by atoms with Gasteiger partial charge in [0.2, 0.25) is 5.91 Å². The number of amides is 3. The van der Waals surface area contributed by atoms with Crippen molar-refractivity contribution in [3.05, 3.63) is 70.3 Å². The van der Waals surface area contributed by atoms with Crippen molar-refractivity contribution in [3.8, 4) is 0 Å². The molecule has 0 saturated carbocycles. The monoisotopic (exact) mass is 364 g/mol. The molecule has 0 saturated heterocycles. The smallest absolute Gasteiger partial charge is 0.261 e. The van der Waals surface area contributed by atoms with Crippen LogP contribution in [-0.2, 0) is 4.79 Å². The van der Waals surface area contributed by atoms with E-state index in [1.807, 2.05) is 20.8 Å². The molecule has 27 heavy (non-hydrogen) atoms. The zero-order valence-electron chi connectivity index (χ0n) is 15.9. The Hall–Kier alpha value is -2.95. The highest BCUT2D eigenvalue weighted by Gasteiger charge is 2.34. The van der Waals surface area contributed by atoms with E-state index in [9.17, 15) is 14.4 Å². The van der Waals surface area contributed by atoms with Crippen LogP contribution in [-0.4, -0.2) is 29.2 Å². The molecule has 1 unspecified atom stereocenters. The highest BCUT2D eigenvalue weighted by molar-refractivity contribution is 6.21. The van der Waals surface area contributed by atoms with Crippen LogP contribution in [0, 0.1) is 13.8 Å². The van der Waals surface area contributed by atoms with Crippen LogP contribution in [0.2, 0.25) is 0 Å². The van der Waals surface area contributed by atoms with Gasteiger partial charge in [-0.05, 0) is 50.5 Å². The molecule has 2 aromatic rings. The Morgan fingerprint density at radius 3 is 2.30 bits per heavy atom. The molecule has 0 spiro atoms. The second kappa shape index (κ2) is 7.74. The van der Waals surface area contributed by atoms with Gasteiger partial charge in [-0.2, -0.15) is 0 Å². The summed E-state index contributed by atoms with van der Waals surface area (Å²) in [5.41, 5.74) is 4.27. The van der Waals surface area contributed by atoms with Crippen LogP contribution < -0.4 is 5.32 Å². The quantitative estimate of drug-likeness (QED) is 0.797. The first-order chi connectivity index (χ1) is 12.9. The Balaban J connectivity index is 1.52. The van der Waals surface area contributed by atoms with Crippen LogP contribution in [0.15, 0.2) is 42.5 Å². The molecule has 0 aromatic heterocycles. The van der Waals surface area contributed by atoms with Gasteiger partial charge in [-0.3, -0.25) is 19.3 Å². The van der Waals surface area contributed by atoms with Crippen molar-refractivity contribution < 1.29 is 14.4 Å². The molecular formula is C22H24N2O3. The van der Waals surface area contributed by atoms with E-state index in [0.717, 1.165) is 16.7 Å². The third kappa shape index (κ3) is 3.92. The lowest BCUT2D eigenvalue weighted by molar-refractivity contribution is -0.121. The first-order valence-corrected chi connectivity index (χ1v) is 9.20. The molecule has 2 aromatic carbocycles. The van der Waals surface area contributed by atoms with Crippen molar-refractivity contribution in [2.24, 2.45) is 0 Å². The van der Waals surface area contributed by atoms with E-state index >= 15 is 0 Å². The predicted molar refractivity (Wildman–Crippen MR) is 104 cm³/mol. The molecule has 5 nitrogen and oxygen atoms in total. The summed E-state index contributed by atoms with van der Waals surface area (Å²) in [7, 11) is 0. The summed E-state index contributed by atoms with van der Waals surface area (Å²) in [6, 6.07) is 12.9. The first kappa shape index (κ1) is 18.8. The number of hydrogen-bond donors (Lipinski definition) is 1. The fourth-order valence-corrected chi connectivity index (χ4v) is 3.46. The Morgan fingerprint density at radius 2 is 1.67 bits per heavy atom. The maximum atomic E-state index is 12.3. The van der Waals surface area contributed by atoms with Gasteiger partial charge in [0, 0.05) is 13.0 Å². The van der Waals surface area contributed by atoms with Gasteiger partial charge in [0.1, 0.15) is 0 Å². The summed E-state index contributed by atoms with van der Waals surface area (Å²) in [5, 5.41) is 3.00. The number of benzene rings is 2. The molecular weight excluding hydrogens is 340 g/mol. The van der Waals surface area contributed by atoms with Crippen LogP contribution >= 0.6 is 0 Å². The molecule has 1 aliphatic rings. The van der Waals surface area contributed by atoms with Crippen molar-refractivity contribution in [3.63, 3.8) is 0 Å². The Bertz CT molecular complexity index is 869. The SMILES string of the molecule is Cc1ccc(C)c(C(C)NC(=O)CCCN2C(=O)c3ccccc3C2=O)c1. The van der Waals surface area contributed by atoms with E-state index in [2.05, 4.69) is 23.5 Å². The number of imide groups is 1. The van der Waals surface area contributed by atoms with Gasteiger partial charge in [0.25, 0.3) is 11.8 Å².